The Morgan fingerprint density at radius 2 is 1.94 bits per heavy atom. The molecule has 0 bridgehead atoms. The van der Waals surface area contributed by atoms with Gasteiger partial charge in [-0.2, -0.15) is 0 Å². The Labute approximate surface area is 106 Å². The number of unbranched alkanes of at least 4 members (excludes halogenated alkanes) is 1. The Balaban J connectivity index is 2.27. The van der Waals surface area contributed by atoms with Crippen molar-refractivity contribution in [3.8, 4) is 0 Å². The Kier molecular flexibility index (Phi) is 5.84. The summed E-state index contributed by atoms with van der Waals surface area (Å²) in [5, 5.41) is 10.5. The third kappa shape index (κ3) is 4.95. The molecule has 1 aromatic carbocycles. The molecule has 0 aliphatic heterocycles. The van der Waals surface area contributed by atoms with E-state index in [4.69, 9.17) is 4.74 Å². The smallest absolute Gasteiger partial charge is 0.305 e. The highest BCUT2D eigenvalue weighted by molar-refractivity contribution is 5.69. The molecule has 0 amide bonds. The minimum absolute atomic E-state index is 0.102. The number of non-ortho nitro benzene ring substituents is 1. The minimum Gasteiger partial charge on any atom is -0.466 e. The van der Waals surface area contributed by atoms with Crippen molar-refractivity contribution in [3.05, 3.63) is 39.9 Å². The van der Waals surface area contributed by atoms with Crippen LogP contribution >= 0.6 is 0 Å². The van der Waals surface area contributed by atoms with Crippen molar-refractivity contribution in [2.75, 3.05) is 6.61 Å². The lowest BCUT2D eigenvalue weighted by atomic mass is 10.1. The fourth-order valence-electron chi connectivity index (χ4n) is 1.62. The lowest BCUT2D eigenvalue weighted by molar-refractivity contribution is -0.384. The number of aryl methyl sites for hydroxylation is 1. The van der Waals surface area contributed by atoms with Crippen LogP contribution in [0.15, 0.2) is 24.3 Å². The minimum atomic E-state index is -0.412. The number of nitrogens with zero attached hydrogens (tertiary/aromatic N) is 1. The molecule has 0 aliphatic rings. The zero-order valence-corrected chi connectivity index (χ0v) is 10.4. The number of nitro groups is 1. The molecule has 18 heavy (non-hydrogen) atoms. The van der Waals surface area contributed by atoms with Gasteiger partial charge in [0.05, 0.1) is 11.5 Å². The predicted molar refractivity (Wildman–Crippen MR) is 67.3 cm³/mol. The van der Waals surface area contributed by atoms with E-state index in [0.717, 1.165) is 24.8 Å². The zero-order valence-electron chi connectivity index (χ0n) is 10.4. The van der Waals surface area contributed by atoms with Crippen molar-refractivity contribution in [1.82, 2.24) is 0 Å². The number of nitro benzene ring substituents is 1. The molecular formula is C13H17NO4. The molecule has 0 aliphatic carbocycles. The Hall–Kier alpha value is -1.91. The molecule has 0 heterocycles. The van der Waals surface area contributed by atoms with Crippen LogP contribution in [0.25, 0.3) is 0 Å². The van der Waals surface area contributed by atoms with Crippen LogP contribution in [0.3, 0.4) is 0 Å². The fourth-order valence-corrected chi connectivity index (χ4v) is 1.62. The number of benzene rings is 1. The van der Waals surface area contributed by atoms with Crippen molar-refractivity contribution in [2.24, 2.45) is 0 Å². The molecule has 0 N–H and O–H groups in total. The van der Waals surface area contributed by atoms with Crippen LogP contribution in [-0.4, -0.2) is 17.5 Å². The van der Waals surface area contributed by atoms with Gasteiger partial charge in [0.2, 0.25) is 0 Å². The van der Waals surface area contributed by atoms with Crippen LogP contribution in [-0.2, 0) is 16.0 Å². The molecular weight excluding hydrogens is 234 g/mol. The molecule has 98 valence electrons. The SMILES string of the molecule is CCOC(=O)CCCCc1ccc([N+](=O)[O-])cc1. The second-order valence-corrected chi connectivity index (χ2v) is 3.94. The summed E-state index contributed by atoms with van der Waals surface area (Å²) in [4.78, 5) is 21.1. The summed E-state index contributed by atoms with van der Waals surface area (Å²) in [5.74, 6) is -0.166. The number of hydrogen-bond donors (Lipinski definition) is 0. The normalized spacial score (nSPS) is 10.1. The number of hydrogen-bond acceptors (Lipinski definition) is 4. The number of esters is 1. The van der Waals surface area contributed by atoms with E-state index >= 15 is 0 Å². The first-order valence-electron chi connectivity index (χ1n) is 6.02. The highest BCUT2D eigenvalue weighted by Crippen LogP contribution is 2.14. The first kappa shape index (κ1) is 14.2. The fraction of sp³-hybridized carbons (Fsp3) is 0.462. The van der Waals surface area contributed by atoms with Crippen molar-refractivity contribution in [2.45, 2.75) is 32.6 Å². The van der Waals surface area contributed by atoms with Crippen molar-refractivity contribution in [3.63, 3.8) is 0 Å². The summed E-state index contributed by atoms with van der Waals surface area (Å²) in [5.41, 5.74) is 1.15. The van der Waals surface area contributed by atoms with E-state index in [1.165, 1.54) is 12.1 Å². The van der Waals surface area contributed by atoms with Crippen LogP contribution in [0.4, 0.5) is 5.69 Å². The van der Waals surface area contributed by atoms with Gasteiger partial charge in [0.1, 0.15) is 0 Å². The number of carbonyl (C=O) groups excluding carboxylic acids is 1. The average molecular weight is 251 g/mol. The largest absolute Gasteiger partial charge is 0.466 e. The number of ether oxygens (including phenoxy) is 1. The number of rotatable bonds is 7. The van der Waals surface area contributed by atoms with Crippen LogP contribution in [0.5, 0.6) is 0 Å². The van der Waals surface area contributed by atoms with Gasteiger partial charge in [-0.05, 0) is 31.7 Å². The standard InChI is InChI=1S/C13H17NO4/c1-2-18-13(15)6-4-3-5-11-7-9-12(10-8-11)14(16)17/h7-10H,2-6H2,1H3. The maximum absolute atomic E-state index is 11.1. The molecule has 0 aromatic heterocycles. The first-order chi connectivity index (χ1) is 8.63. The molecule has 0 fully saturated rings. The van der Waals surface area contributed by atoms with E-state index in [2.05, 4.69) is 0 Å². The lowest BCUT2D eigenvalue weighted by Gasteiger charge is -2.02. The molecule has 5 nitrogen and oxygen atoms in total. The van der Waals surface area contributed by atoms with Crippen molar-refractivity contribution < 1.29 is 14.5 Å². The molecule has 0 atom stereocenters. The number of carbonyl (C=O) groups is 1. The quantitative estimate of drug-likeness (QED) is 0.323. The summed E-state index contributed by atoms with van der Waals surface area (Å²) in [6, 6.07) is 6.51. The van der Waals surface area contributed by atoms with E-state index in [0.29, 0.717) is 13.0 Å². The third-order valence-corrected chi connectivity index (χ3v) is 2.55. The van der Waals surface area contributed by atoms with Crippen LogP contribution in [0, 0.1) is 10.1 Å². The molecule has 0 spiro atoms. The third-order valence-electron chi connectivity index (χ3n) is 2.55. The van der Waals surface area contributed by atoms with E-state index in [-0.39, 0.29) is 11.7 Å². The molecule has 0 saturated heterocycles. The predicted octanol–water partition coefficient (Wildman–Crippen LogP) is 2.87. The average Bonchev–Trinajstić information content (AvgIpc) is 2.35. The summed E-state index contributed by atoms with van der Waals surface area (Å²) in [7, 11) is 0. The maximum Gasteiger partial charge on any atom is 0.305 e. The highest BCUT2D eigenvalue weighted by Gasteiger charge is 2.04. The van der Waals surface area contributed by atoms with E-state index in [9.17, 15) is 14.9 Å². The Bertz CT molecular complexity index is 400. The van der Waals surface area contributed by atoms with Gasteiger partial charge in [0.15, 0.2) is 0 Å². The molecule has 0 saturated carbocycles. The summed E-state index contributed by atoms with van der Waals surface area (Å²) in [6.07, 6.45) is 2.89. The van der Waals surface area contributed by atoms with Gasteiger partial charge in [0, 0.05) is 18.6 Å². The Morgan fingerprint density at radius 3 is 2.50 bits per heavy atom. The van der Waals surface area contributed by atoms with Crippen molar-refractivity contribution in [1.29, 1.82) is 0 Å². The van der Waals surface area contributed by atoms with Gasteiger partial charge in [-0.25, -0.2) is 0 Å². The summed E-state index contributed by atoms with van der Waals surface area (Å²) >= 11 is 0. The molecule has 0 unspecified atom stereocenters. The van der Waals surface area contributed by atoms with Gasteiger partial charge >= 0.3 is 5.97 Å². The van der Waals surface area contributed by atoms with Crippen molar-refractivity contribution >= 4 is 11.7 Å². The maximum atomic E-state index is 11.1. The van der Waals surface area contributed by atoms with Gasteiger partial charge in [-0.15, -0.1) is 0 Å². The van der Waals surface area contributed by atoms with Gasteiger partial charge in [-0.1, -0.05) is 12.1 Å². The molecule has 0 radical (unpaired) electrons. The van der Waals surface area contributed by atoms with Crippen LogP contribution < -0.4 is 0 Å². The van der Waals surface area contributed by atoms with Gasteiger partial charge < -0.3 is 4.74 Å². The van der Waals surface area contributed by atoms with Gasteiger partial charge in [0.25, 0.3) is 5.69 Å². The van der Waals surface area contributed by atoms with Crippen LogP contribution in [0.1, 0.15) is 31.7 Å². The molecule has 5 heteroatoms. The van der Waals surface area contributed by atoms with E-state index < -0.39 is 4.92 Å². The monoisotopic (exact) mass is 251 g/mol. The molecule has 1 aromatic rings. The summed E-state index contributed by atoms with van der Waals surface area (Å²) in [6.45, 7) is 2.20. The first-order valence-corrected chi connectivity index (χ1v) is 6.02. The lowest BCUT2D eigenvalue weighted by Crippen LogP contribution is -2.03. The van der Waals surface area contributed by atoms with Gasteiger partial charge in [-0.3, -0.25) is 14.9 Å². The topological polar surface area (TPSA) is 69.4 Å². The summed E-state index contributed by atoms with van der Waals surface area (Å²) < 4.78 is 4.82. The van der Waals surface area contributed by atoms with E-state index in [1.807, 2.05) is 0 Å². The zero-order chi connectivity index (χ0) is 13.4. The Morgan fingerprint density at radius 1 is 1.28 bits per heavy atom. The second-order valence-electron chi connectivity index (χ2n) is 3.94. The van der Waals surface area contributed by atoms with Crippen LogP contribution in [0.2, 0.25) is 0 Å². The molecule has 1 rings (SSSR count). The van der Waals surface area contributed by atoms with E-state index in [1.54, 1.807) is 19.1 Å². The second kappa shape index (κ2) is 7.42. The highest BCUT2D eigenvalue weighted by atomic mass is 16.6.